The fraction of sp³-hybridized carbons (Fsp3) is 0.455. The van der Waals surface area contributed by atoms with Crippen LogP contribution in [0.4, 0.5) is 5.69 Å². The number of hydrogen-bond acceptors (Lipinski definition) is 3. The molecule has 0 spiro atoms. The van der Waals surface area contributed by atoms with Crippen molar-refractivity contribution in [2.75, 3.05) is 0 Å². The monoisotopic (exact) mass is 256 g/mol. The first-order chi connectivity index (χ1) is 7.59. The van der Waals surface area contributed by atoms with E-state index in [0.717, 1.165) is 4.22 Å². The van der Waals surface area contributed by atoms with Crippen LogP contribution >= 0.6 is 0 Å². The molecule has 0 atom stereocenters. The Labute approximate surface area is 106 Å². The molecule has 1 aromatic carbocycles. The van der Waals surface area contributed by atoms with Crippen molar-refractivity contribution in [1.82, 2.24) is 0 Å². The topological polar surface area (TPSA) is 63.4 Å². The normalized spacial score (nSPS) is 15.2. The zero-order chi connectivity index (χ0) is 12.0. The zero-order valence-corrected chi connectivity index (χ0v) is 10.5. The van der Waals surface area contributed by atoms with Crippen molar-refractivity contribution in [3.63, 3.8) is 0 Å². The fourth-order valence-corrected chi connectivity index (χ4v) is 2.14. The minimum absolute atomic E-state index is 0.0159. The summed E-state index contributed by atoms with van der Waals surface area (Å²) in [5, 5.41) is 18.8. The number of aromatic hydroxyl groups is 1. The average Bonchev–Trinajstić information content (AvgIpc) is 2.71. The van der Waals surface area contributed by atoms with Crippen molar-refractivity contribution in [2.45, 2.75) is 29.9 Å². The van der Waals surface area contributed by atoms with Gasteiger partial charge in [0.05, 0.1) is 4.92 Å². The first-order valence-corrected chi connectivity index (χ1v) is 6.14. The molecule has 1 saturated carbocycles. The molecule has 0 heterocycles. The van der Waals surface area contributed by atoms with Gasteiger partial charge in [-0.3, -0.25) is 10.1 Å². The predicted octanol–water partition coefficient (Wildman–Crippen LogP) is 3.20. The van der Waals surface area contributed by atoms with Crippen LogP contribution in [0.25, 0.3) is 0 Å². The van der Waals surface area contributed by atoms with Gasteiger partial charge in [-0.05, 0) is 12.1 Å². The molecule has 2 rings (SSSR count). The SMILES string of the molecule is O=[N+]([O-])c1ccc(O)cc1.[Ti][CH]1CCCC1. The number of phenolic OH excluding ortho intramolecular Hbond substituents is 1. The van der Waals surface area contributed by atoms with E-state index in [0.29, 0.717) is 0 Å². The number of nitro groups is 1. The van der Waals surface area contributed by atoms with Crippen molar-refractivity contribution in [2.24, 2.45) is 0 Å². The van der Waals surface area contributed by atoms with E-state index in [4.69, 9.17) is 5.11 Å². The Morgan fingerprint density at radius 1 is 1.25 bits per heavy atom. The number of nitrogens with zero attached hydrogens (tertiary/aromatic N) is 1. The molecular weight excluding hydrogens is 242 g/mol. The maximum absolute atomic E-state index is 10.0. The van der Waals surface area contributed by atoms with Gasteiger partial charge in [0.2, 0.25) is 0 Å². The number of nitro benzene ring substituents is 1. The number of phenols is 1. The van der Waals surface area contributed by atoms with Gasteiger partial charge in [0.15, 0.2) is 0 Å². The Hall–Kier alpha value is -0.866. The maximum atomic E-state index is 10.0. The van der Waals surface area contributed by atoms with Crippen molar-refractivity contribution < 1.29 is 30.5 Å². The van der Waals surface area contributed by atoms with Gasteiger partial charge in [-0.1, -0.05) is 0 Å². The molecule has 0 radical (unpaired) electrons. The Kier molecular flexibility index (Phi) is 5.49. The third-order valence-corrected chi connectivity index (χ3v) is 3.32. The van der Waals surface area contributed by atoms with Crippen LogP contribution in [-0.2, 0) is 20.4 Å². The van der Waals surface area contributed by atoms with Gasteiger partial charge in [-0.2, -0.15) is 0 Å². The van der Waals surface area contributed by atoms with E-state index in [1.807, 2.05) is 0 Å². The van der Waals surface area contributed by atoms with E-state index in [-0.39, 0.29) is 11.4 Å². The summed E-state index contributed by atoms with van der Waals surface area (Å²) in [5.41, 5.74) is -0.0159. The van der Waals surface area contributed by atoms with Crippen molar-refractivity contribution in [3.8, 4) is 5.75 Å². The van der Waals surface area contributed by atoms with Gasteiger partial charge in [0.1, 0.15) is 5.75 Å². The van der Waals surface area contributed by atoms with Crippen LogP contribution in [0, 0.1) is 10.1 Å². The molecule has 0 aliphatic heterocycles. The summed E-state index contributed by atoms with van der Waals surface area (Å²) in [6.45, 7) is 0. The van der Waals surface area contributed by atoms with E-state index >= 15 is 0 Å². The Morgan fingerprint density at radius 2 is 1.75 bits per heavy atom. The molecule has 85 valence electrons. The minimum atomic E-state index is -0.514. The van der Waals surface area contributed by atoms with Crippen molar-refractivity contribution >= 4 is 5.69 Å². The molecule has 1 N–H and O–H groups in total. The summed E-state index contributed by atoms with van der Waals surface area (Å²) in [5.74, 6) is 0.0330. The molecule has 1 fully saturated rings. The standard InChI is InChI=1S/C6H5NO3.C5H9.Ti/c8-6-3-1-5(2-4-6)7(9)10;1-2-4-5-3-1;/h1-4,8H;1H,2-5H2;. The molecular formula is C11H14NO3Ti. The van der Waals surface area contributed by atoms with Crippen LogP contribution in [0.2, 0.25) is 4.22 Å². The van der Waals surface area contributed by atoms with Crippen LogP contribution < -0.4 is 0 Å². The molecule has 1 aliphatic rings. The summed E-state index contributed by atoms with van der Waals surface area (Å²) in [4.78, 5) is 9.52. The molecule has 1 aromatic rings. The van der Waals surface area contributed by atoms with Gasteiger partial charge in [0, 0.05) is 12.1 Å². The van der Waals surface area contributed by atoms with E-state index < -0.39 is 4.92 Å². The zero-order valence-electron chi connectivity index (χ0n) is 8.93. The summed E-state index contributed by atoms with van der Waals surface area (Å²) >= 11 is 2.34. The molecule has 0 bridgehead atoms. The van der Waals surface area contributed by atoms with Gasteiger partial charge in [-0.25, -0.2) is 0 Å². The second-order valence-electron chi connectivity index (χ2n) is 3.75. The quantitative estimate of drug-likeness (QED) is 0.476. The Balaban J connectivity index is 0.000000181. The first kappa shape index (κ1) is 13.2. The second-order valence-corrected chi connectivity index (χ2v) is 5.03. The molecule has 5 heteroatoms. The number of rotatable bonds is 1. The first-order valence-electron chi connectivity index (χ1n) is 5.24. The Morgan fingerprint density at radius 3 is 2.06 bits per heavy atom. The van der Waals surface area contributed by atoms with E-state index in [1.54, 1.807) is 0 Å². The molecule has 16 heavy (non-hydrogen) atoms. The van der Waals surface area contributed by atoms with Crippen LogP contribution in [0.1, 0.15) is 25.7 Å². The van der Waals surface area contributed by atoms with Crippen LogP contribution in [0.3, 0.4) is 0 Å². The van der Waals surface area contributed by atoms with Gasteiger partial charge in [0.25, 0.3) is 5.69 Å². The van der Waals surface area contributed by atoms with Crippen molar-refractivity contribution in [3.05, 3.63) is 34.4 Å². The third kappa shape index (κ3) is 4.77. The molecule has 0 aromatic heterocycles. The summed E-state index contributed by atoms with van der Waals surface area (Å²) in [6, 6.07) is 5.04. The van der Waals surface area contributed by atoms with E-state index in [9.17, 15) is 10.1 Å². The van der Waals surface area contributed by atoms with Crippen LogP contribution in [-0.4, -0.2) is 10.0 Å². The third-order valence-electron chi connectivity index (χ3n) is 2.42. The summed E-state index contributed by atoms with van der Waals surface area (Å²) in [7, 11) is 0. The van der Waals surface area contributed by atoms with Crippen LogP contribution in [0.15, 0.2) is 24.3 Å². The molecule has 4 nitrogen and oxygen atoms in total. The van der Waals surface area contributed by atoms with Gasteiger partial charge < -0.3 is 5.11 Å². The van der Waals surface area contributed by atoms with Gasteiger partial charge >= 0.3 is 50.3 Å². The number of non-ortho nitro benzene ring substituents is 1. The molecule has 0 unspecified atom stereocenters. The van der Waals surface area contributed by atoms with E-state index in [1.165, 1.54) is 49.9 Å². The molecule has 0 saturated heterocycles. The summed E-state index contributed by atoms with van der Waals surface area (Å²) in [6.07, 6.45) is 5.95. The van der Waals surface area contributed by atoms with Gasteiger partial charge in [-0.15, -0.1) is 0 Å². The van der Waals surface area contributed by atoms with Crippen molar-refractivity contribution in [1.29, 1.82) is 0 Å². The second kappa shape index (κ2) is 6.66. The number of benzene rings is 1. The van der Waals surface area contributed by atoms with E-state index in [2.05, 4.69) is 20.4 Å². The summed E-state index contributed by atoms with van der Waals surface area (Å²) < 4.78 is 1.05. The average molecular weight is 256 g/mol. The molecule has 1 aliphatic carbocycles. The fourth-order valence-electron chi connectivity index (χ4n) is 1.50. The van der Waals surface area contributed by atoms with Crippen LogP contribution in [0.5, 0.6) is 5.75 Å². The molecule has 0 amide bonds. The predicted molar refractivity (Wildman–Crippen MR) is 57.0 cm³/mol. The Bertz CT molecular complexity index is 334. The number of hydrogen-bond donors (Lipinski definition) is 1.